The van der Waals surface area contributed by atoms with Gasteiger partial charge in [-0.15, -0.1) is 11.3 Å². The van der Waals surface area contributed by atoms with Gasteiger partial charge in [0.05, 0.1) is 16.9 Å². The van der Waals surface area contributed by atoms with Gasteiger partial charge in [0.15, 0.2) is 6.04 Å². The van der Waals surface area contributed by atoms with Crippen molar-refractivity contribution in [3.05, 3.63) is 70.4 Å². The van der Waals surface area contributed by atoms with Gasteiger partial charge in [-0.05, 0) is 35.7 Å². The van der Waals surface area contributed by atoms with E-state index in [0.29, 0.717) is 11.6 Å². The molecule has 0 saturated heterocycles. The molecular weight excluding hydrogens is 298 g/mol. The summed E-state index contributed by atoms with van der Waals surface area (Å²) >= 11 is 1.57. The molecule has 0 fully saturated rings. The number of aliphatic imine (C=N–C) groups is 1. The van der Waals surface area contributed by atoms with Gasteiger partial charge in [0.1, 0.15) is 11.6 Å². The number of hydrogen-bond acceptors (Lipinski definition) is 5. The highest BCUT2D eigenvalue weighted by Crippen LogP contribution is 2.29. The molecule has 0 saturated carbocycles. The monoisotopic (exact) mass is 309 g/mol. The smallest absolute Gasteiger partial charge is 0.258 e. The van der Waals surface area contributed by atoms with Crippen LogP contribution in [0.2, 0.25) is 0 Å². The Hall–Kier alpha value is -2.73. The van der Waals surface area contributed by atoms with E-state index in [1.807, 2.05) is 29.6 Å². The fraction of sp³-hybridized carbons (Fsp3) is 0.0625. The zero-order valence-electron chi connectivity index (χ0n) is 11.4. The van der Waals surface area contributed by atoms with Crippen molar-refractivity contribution in [3.63, 3.8) is 0 Å². The predicted molar refractivity (Wildman–Crippen MR) is 84.3 cm³/mol. The van der Waals surface area contributed by atoms with Crippen LogP contribution in [0.15, 0.2) is 63.6 Å². The molecule has 1 N–H and O–H groups in total. The first kappa shape index (κ1) is 13.0. The minimum absolute atomic E-state index is 0.249. The summed E-state index contributed by atoms with van der Waals surface area (Å²) in [7, 11) is 0. The molecule has 1 atom stereocenters. The van der Waals surface area contributed by atoms with Crippen LogP contribution in [-0.4, -0.2) is 16.6 Å². The zero-order valence-corrected chi connectivity index (χ0v) is 12.2. The summed E-state index contributed by atoms with van der Waals surface area (Å²) in [6.45, 7) is 0. The van der Waals surface area contributed by atoms with E-state index in [1.165, 1.54) is 0 Å². The molecule has 4 heterocycles. The molecule has 4 rings (SSSR count). The lowest BCUT2D eigenvalue weighted by molar-refractivity contribution is -0.117. The Bertz CT molecular complexity index is 838. The number of amides is 1. The Morgan fingerprint density at radius 2 is 2.14 bits per heavy atom. The van der Waals surface area contributed by atoms with Crippen molar-refractivity contribution in [2.24, 2.45) is 4.99 Å². The van der Waals surface area contributed by atoms with Crippen molar-refractivity contribution in [1.29, 1.82) is 0 Å². The fourth-order valence-electron chi connectivity index (χ4n) is 2.39. The molecule has 0 radical (unpaired) electrons. The van der Waals surface area contributed by atoms with Gasteiger partial charge in [-0.3, -0.25) is 9.79 Å². The van der Waals surface area contributed by atoms with E-state index in [2.05, 4.69) is 15.3 Å². The first-order chi connectivity index (χ1) is 10.8. The number of rotatable bonds is 2. The van der Waals surface area contributed by atoms with Crippen molar-refractivity contribution in [2.45, 2.75) is 6.04 Å². The standard InChI is InChI=1S/C16H11N3O2S/c20-16-14(11-5-2-8-21-11)18-13(12-6-3-9-22-12)10-4-1-7-17-15(10)19-16/h1-9,14H,(H,17,19,20). The number of aromatic nitrogens is 1. The highest BCUT2D eigenvalue weighted by Gasteiger charge is 2.29. The zero-order chi connectivity index (χ0) is 14.9. The topological polar surface area (TPSA) is 67.5 Å². The van der Waals surface area contributed by atoms with E-state index in [0.717, 1.165) is 16.2 Å². The predicted octanol–water partition coefficient (Wildman–Crippen LogP) is 3.27. The summed E-state index contributed by atoms with van der Waals surface area (Å²) in [6.07, 6.45) is 3.19. The van der Waals surface area contributed by atoms with Crippen molar-refractivity contribution in [2.75, 3.05) is 5.32 Å². The molecule has 1 aliphatic rings. The number of thiophene rings is 1. The second kappa shape index (κ2) is 5.23. The quantitative estimate of drug-likeness (QED) is 0.790. The van der Waals surface area contributed by atoms with Gasteiger partial charge in [-0.2, -0.15) is 0 Å². The van der Waals surface area contributed by atoms with Gasteiger partial charge in [0.25, 0.3) is 5.91 Å². The number of hydrogen-bond donors (Lipinski definition) is 1. The lowest BCUT2D eigenvalue weighted by Crippen LogP contribution is -2.18. The molecule has 3 aromatic rings. The largest absolute Gasteiger partial charge is 0.466 e. The first-order valence-corrected chi connectivity index (χ1v) is 7.62. The van der Waals surface area contributed by atoms with Crippen molar-refractivity contribution < 1.29 is 9.21 Å². The Labute approximate surface area is 130 Å². The molecule has 108 valence electrons. The van der Waals surface area contributed by atoms with E-state index in [9.17, 15) is 4.79 Å². The number of carbonyl (C=O) groups excluding carboxylic acids is 1. The third-order valence-electron chi connectivity index (χ3n) is 3.38. The molecule has 0 spiro atoms. The average Bonchev–Trinajstić information content (AvgIpc) is 3.20. The Morgan fingerprint density at radius 1 is 1.18 bits per heavy atom. The lowest BCUT2D eigenvalue weighted by atomic mass is 10.1. The minimum Gasteiger partial charge on any atom is -0.466 e. The van der Waals surface area contributed by atoms with Crippen molar-refractivity contribution >= 4 is 28.8 Å². The Kier molecular flexibility index (Phi) is 3.08. The molecule has 1 unspecified atom stereocenters. The van der Waals surface area contributed by atoms with Gasteiger partial charge in [-0.25, -0.2) is 4.98 Å². The molecule has 5 nitrogen and oxygen atoms in total. The summed E-state index contributed by atoms with van der Waals surface area (Å²) in [5.41, 5.74) is 1.56. The number of fused-ring (bicyclic) bond motifs is 1. The molecule has 0 aromatic carbocycles. The molecule has 1 aliphatic heterocycles. The normalized spacial score (nSPS) is 17.4. The van der Waals surface area contributed by atoms with Crippen molar-refractivity contribution in [1.82, 2.24) is 4.98 Å². The number of anilines is 1. The maximum absolute atomic E-state index is 12.5. The van der Waals surface area contributed by atoms with Crippen LogP contribution in [0.5, 0.6) is 0 Å². The summed E-state index contributed by atoms with van der Waals surface area (Å²) < 4.78 is 5.38. The van der Waals surface area contributed by atoms with E-state index >= 15 is 0 Å². The number of carbonyl (C=O) groups is 1. The third-order valence-corrected chi connectivity index (χ3v) is 4.25. The summed E-state index contributed by atoms with van der Waals surface area (Å²) in [5, 5.41) is 4.81. The molecule has 3 aromatic heterocycles. The molecule has 22 heavy (non-hydrogen) atoms. The highest BCUT2D eigenvalue weighted by atomic mass is 32.1. The van der Waals surface area contributed by atoms with Crippen LogP contribution < -0.4 is 5.32 Å². The SMILES string of the molecule is O=C1Nc2ncccc2C(c2cccs2)=NC1c1ccco1. The second-order valence-electron chi connectivity index (χ2n) is 4.76. The molecule has 0 bridgehead atoms. The van der Waals surface area contributed by atoms with E-state index in [-0.39, 0.29) is 5.91 Å². The van der Waals surface area contributed by atoms with Crippen molar-refractivity contribution in [3.8, 4) is 0 Å². The maximum Gasteiger partial charge on any atom is 0.258 e. The first-order valence-electron chi connectivity index (χ1n) is 6.74. The third kappa shape index (κ3) is 2.14. The molecule has 6 heteroatoms. The van der Waals surface area contributed by atoms with Gasteiger partial charge in [0, 0.05) is 11.8 Å². The lowest BCUT2D eigenvalue weighted by Gasteiger charge is -2.07. The molecule has 0 aliphatic carbocycles. The van der Waals surface area contributed by atoms with Crippen LogP contribution in [0.1, 0.15) is 22.2 Å². The molecular formula is C16H11N3O2S. The van der Waals surface area contributed by atoms with Crippen LogP contribution in [0.4, 0.5) is 5.82 Å². The fourth-order valence-corrected chi connectivity index (χ4v) is 3.12. The van der Waals surface area contributed by atoms with Gasteiger partial charge >= 0.3 is 0 Å². The minimum atomic E-state index is -0.721. The molecule has 1 amide bonds. The summed E-state index contributed by atoms with van der Waals surface area (Å²) in [4.78, 5) is 22.4. The van der Waals surface area contributed by atoms with E-state index < -0.39 is 6.04 Å². The number of nitrogens with zero attached hydrogens (tertiary/aromatic N) is 2. The Morgan fingerprint density at radius 3 is 2.91 bits per heavy atom. The van der Waals surface area contributed by atoms with Gasteiger partial charge in [0.2, 0.25) is 0 Å². The van der Waals surface area contributed by atoms with Crippen LogP contribution in [0.3, 0.4) is 0 Å². The van der Waals surface area contributed by atoms with E-state index in [1.54, 1.807) is 35.9 Å². The average molecular weight is 309 g/mol. The highest BCUT2D eigenvalue weighted by molar-refractivity contribution is 7.12. The van der Waals surface area contributed by atoms with Gasteiger partial charge < -0.3 is 9.73 Å². The van der Waals surface area contributed by atoms with Gasteiger partial charge in [-0.1, -0.05) is 6.07 Å². The summed E-state index contributed by atoms with van der Waals surface area (Å²) in [5.74, 6) is 0.787. The number of pyridine rings is 1. The summed E-state index contributed by atoms with van der Waals surface area (Å²) in [6, 6.07) is 10.5. The number of nitrogens with one attached hydrogen (secondary N) is 1. The second-order valence-corrected chi connectivity index (χ2v) is 5.71. The van der Waals surface area contributed by atoms with Crippen LogP contribution in [-0.2, 0) is 4.79 Å². The Balaban J connectivity index is 1.92. The van der Waals surface area contributed by atoms with Crippen LogP contribution in [0, 0.1) is 0 Å². The maximum atomic E-state index is 12.5. The van der Waals surface area contributed by atoms with Crippen LogP contribution in [0.25, 0.3) is 0 Å². The van der Waals surface area contributed by atoms with E-state index in [4.69, 9.17) is 4.42 Å². The number of furan rings is 1. The van der Waals surface area contributed by atoms with Crippen LogP contribution >= 0.6 is 11.3 Å².